The van der Waals surface area contributed by atoms with Gasteiger partial charge in [-0.1, -0.05) is 18.5 Å². The number of ether oxygens (including phenoxy) is 1. The highest BCUT2D eigenvalue weighted by Gasteiger charge is 2.24. The van der Waals surface area contributed by atoms with Crippen molar-refractivity contribution in [2.75, 3.05) is 23.6 Å². The predicted molar refractivity (Wildman–Crippen MR) is 110 cm³/mol. The molecule has 3 heterocycles. The van der Waals surface area contributed by atoms with Crippen molar-refractivity contribution in [3.63, 3.8) is 0 Å². The molecule has 1 N–H and O–H groups in total. The van der Waals surface area contributed by atoms with Crippen LogP contribution in [0.3, 0.4) is 0 Å². The van der Waals surface area contributed by atoms with Gasteiger partial charge in [-0.2, -0.15) is 0 Å². The molecule has 0 aliphatic carbocycles. The summed E-state index contributed by atoms with van der Waals surface area (Å²) in [7, 11) is -3.51. The van der Waals surface area contributed by atoms with Crippen molar-refractivity contribution in [3.8, 4) is 11.5 Å². The van der Waals surface area contributed by atoms with Gasteiger partial charge in [0, 0.05) is 24.4 Å². The third-order valence-corrected chi connectivity index (χ3v) is 6.04. The van der Waals surface area contributed by atoms with Crippen molar-refractivity contribution in [2.45, 2.75) is 13.3 Å². The number of nitrogens with one attached hydrogen (secondary N) is 1. The fraction of sp³-hybridized carbons (Fsp3) is 0.278. The molecule has 2 aromatic rings. The summed E-state index contributed by atoms with van der Waals surface area (Å²) in [5.41, 5.74) is 1.70. The first-order valence-corrected chi connectivity index (χ1v) is 10.8. The largest absolute Gasteiger partial charge is 0.456 e. The Morgan fingerprint density at radius 2 is 2.18 bits per heavy atom. The minimum absolute atomic E-state index is 0.0138. The molecule has 0 bridgehead atoms. The summed E-state index contributed by atoms with van der Waals surface area (Å²) in [5.74, 6) is 1.74. The van der Waals surface area contributed by atoms with Gasteiger partial charge < -0.3 is 9.64 Å². The number of amidine groups is 1. The maximum atomic E-state index is 12.0. The second kappa shape index (κ2) is 7.40. The molecule has 0 atom stereocenters. The maximum Gasteiger partial charge on any atom is 0.233 e. The van der Waals surface area contributed by atoms with Crippen molar-refractivity contribution < 1.29 is 13.2 Å². The number of aromatic nitrogens is 1. The van der Waals surface area contributed by atoms with Crippen LogP contribution >= 0.6 is 11.6 Å². The molecule has 8 nitrogen and oxygen atoms in total. The number of sulfonamides is 1. The fourth-order valence-corrected chi connectivity index (χ4v) is 4.33. The number of pyridine rings is 1. The molecule has 28 heavy (non-hydrogen) atoms. The van der Waals surface area contributed by atoms with Crippen LogP contribution in [-0.2, 0) is 10.0 Å². The van der Waals surface area contributed by atoms with Gasteiger partial charge >= 0.3 is 0 Å². The van der Waals surface area contributed by atoms with Gasteiger partial charge in [0.1, 0.15) is 16.6 Å². The van der Waals surface area contributed by atoms with E-state index in [4.69, 9.17) is 16.3 Å². The highest BCUT2D eigenvalue weighted by molar-refractivity contribution is 7.92. The molecule has 0 fully saturated rings. The predicted octanol–water partition coefficient (Wildman–Crippen LogP) is 3.41. The van der Waals surface area contributed by atoms with Gasteiger partial charge in [-0.15, -0.1) is 0 Å². The van der Waals surface area contributed by atoms with Crippen molar-refractivity contribution in [1.29, 1.82) is 0 Å². The molecule has 0 radical (unpaired) electrons. The molecule has 4 rings (SSSR count). The quantitative estimate of drug-likeness (QED) is 0.773. The molecule has 2 aliphatic heterocycles. The van der Waals surface area contributed by atoms with Gasteiger partial charge in [-0.25, -0.2) is 18.4 Å². The molecule has 1 aromatic heterocycles. The van der Waals surface area contributed by atoms with Crippen molar-refractivity contribution in [3.05, 3.63) is 41.0 Å². The van der Waals surface area contributed by atoms with Crippen LogP contribution in [0, 0.1) is 0 Å². The lowest BCUT2D eigenvalue weighted by Crippen LogP contribution is -2.29. The van der Waals surface area contributed by atoms with Crippen LogP contribution in [0.1, 0.15) is 18.9 Å². The van der Waals surface area contributed by atoms with E-state index >= 15 is 0 Å². The van der Waals surface area contributed by atoms with Crippen LogP contribution in [0.25, 0.3) is 0 Å². The van der Waals surface area contributed by atoms with Gasteiger partial charge in [0.2, 0.25) is 10.0 Å². The molecular weight excluding hydrogens is 402 g/mol. The number of hydrogen-bond donors (Lipinski definition) is 1. The topological polar surface area (TPSA) is 96.2 Å². The third-order valence-electron chi connectivity index (χ3n) is 4.23. The molecule has 0 saturated carbocycles. The van der Waals surface area contributed by atoms with E-state index in [1.807, 2.05) is 17.0 Å². The number of benzene rings is 1. The summed E-state index contributed by atoms with van der Waals surface area (Å²) in [6, 6.07) is 7.05. The normalized spacial score (nSPS) is 15.1. The lowest BCUT2D eigenvalue weighted by Gasteiger charge is -2.21. The van der Waals surface area contributed by atoms with E-state index in [1.54, 1.807) is 25.4 Å². The average molecular weight is 420 g/mol. The molecular formula is C18H18ClN5O3S. The van der Waals surface area contributed by atoms with Crippen LogP contribution in [0.4, 0.5) is 11.5 Å². The second-order valence-electron chi connectivity index (χ2n) is 6.32. The molecule has 146 valence electrons. The molecule has 0 unspecified atom stereocenters. The number of halogens is 1. The van der Waals surface area contributed by atoms with Gasteiger partial charge in [0.15, 0.2) is 11.6 Å². The summed E-state index contributed by atoms with van der Waals surface area (Å²) in [6.07, 6.45) is 3.71. The summed E-state index contributed by atoms with van der Waals surface area (Å²) in [6.45, 7) is 3.31. The van der Waals surface area contributed by atoms with E-state index in [1.165, 1.54) is 6.20 Å². The molecule has 0 amide bonds. The maximum absolute atomic E-state index is 12.0. The molecule has 2 aliphatic rings. The minimum atomic E-state index is -3.51. The Bertz CT molecular complexity index is 1080. The van der Waals surface area contributed by atoms with Gasteiger partial charge in [0.05, 0.1) is 24.3 Å². The van der Waals surface area contributed by atoms with Crippen LogP contribution in [-0.4, -0.2) is 49.3 Å². The summed E-state index contributed by atoms with van der Waals surface area (Å²) in [5, 5.41) is 0.0951. The number of fused-ring (bicyclic) bond motifs is 3. The SMILES string of the molecule is CCCS(=O)(=O)Nc1nccc(Oc2ccc3c(c2)C2=NCCN2C=N3)c1Cl. The van der Waals surface area contributed by atoms with Crippen molar-refractivity contribution in [2.24, 2.45) is 9.98 Å². The smallest absolute Gasteiger partial charge is 0.233 e. The van der Waals surface area contributed by atoms with Gasteiger partial charge in [-0.05, 0) is 24.6 Å². The Morgan fingerprint density at radius 1 is 1.32 bits per heavy atom. The second-order valence-corrected chi connectivity index (χ2v) is 8.54. The Kier molecular flexibility index (Phi) is 4.94. The minimum Gasteiger partial charge on any atom is -0.456 e. The summed E-state index contributed by atoms with van der Waals surface area (Å²) < 4.78 is 32.3. The highest BCUT2D eigenvalue weighted by Crippen LogP contribution is 2.36. The standard InChI is InChI=1S/C18H18ClN5O3S/c1-2-9-28(25,26)23-17-16(19)15(5-6-20-17)27-12-3-4-14-13(10-12)18-21-7-8-24(18)11-22-14/h3-6,10-11H,2,7-9H2,1H3,(H,20,23). The van der Waals surface area contributed by atoms with Gasteiger partial charge in [-0.3, -0.25) is 9.71 Å². The zero-order valence-electron chi connectivity index (χ0n) is 15.1. The number of aliphatic imine (C=N–C) groups is 2. The Balaban J connectivity index is 1.61. The van der Waals surface area contributed by atoms with Crippen LogP contribution in [0.2, 0.25) is 5.02 Å². The number of nitrogens with zero attached hydrogens (tertiary/aromatic N) is 4. The summed E-state index contributed by atoms with van der Waals surface area (Å²) in [4.78, 5) is 15.0. The van der Waals surface area contributed by atoms with Crippen LogP contribution < -0.4 is 9.46 Å². The van der Waals surface area contributed by atoms with Crippen LogP contribution in [0.15, 0.2) is 40.4 Å². The summed E-state index contributed by atoms with van der Waals surface area (Å²) >= 11 is 6.33. The molecule has 0 saturated heterocycles. The first-order chi connectivity index (χ1) is 13.5. The molecule has 0 spiro atoms. The Labute approximate surface area is 168 Å². The molecule has 1 aromatic carbocycles. The van der Waals surface area contributed by atoms with E-state index in [9.17, 15) is 8.42 Å². The monoisotopic (exact) mass is 419 g/mol. The van der Waals surface area contributed by atoms with Crippen molar-refractivity contribution >= 4 is 45.3 Å². The number of rotatable bonds is 6. The zero-order valence-corrected chi connectivity index (χ0v) is 16.7. The zero-order chi connectivity index (χ0) is 19.7. The van der Waals surface area contributed by atoms with E-state index < -0.39 is 10.0 Å². The number of hydrogen-bond acceptors (Lipinski definition) is 7. The van der Waals surface area contributed by atoms with Crippen molar-refractivity contribution in [1.82, 2.24) is 9.88 Å². The fourth-order valence-electron chi connectivity index (χ4n) is 2.98. The van der Waals surface area contributed by atoms with Gasteiger partial charge in [0.25, 0.3) is 0 Å². The van der Waals surface area contributed by atoms with E-state index in [0.29, 0.717) is 17.9 Å². The lowest BCUT2D eigenvalue weighted by molar-refractivity contribution is 0.482. The van der Waals surface area contributed by atoms with E-state index in [0.717, 1.165) is 30.2 Å². The average Bonchev–Trinajstić information content (AvgIpc) is 3.14. The number of anilines is 1. The highest BCUT2D eigenvalue weighted by atomic mass is 35.5. The van der Waals surface area contributed by atoms with E-state index in [2.05, 4.69) is 19.7 Å². The molecule has 10 heteroatoms. The first-order valence-electron chi connectivity index (χ1n) is 8.79. The van der Waals surface area contributed by atoms with E-state index in [-0.39, 0.29) is 16.6 Å². The van der Waals surface area contributed by atoms with Crippen LogP contribution in [0.5, 0.6) is 11.5 Å². The Hall–Kier alpha value is -2.65. The Morgan fingerprint density at radius 3 is 3.00 bits per heavy atom. The third kappa shape index (κ3) is 3.67. The lowest BCUT2D eigenvalue weighted by atomic mass is 10.1. The first kappa shape index (κ1) is 18.7.